The van der Waals surface area contributed by atoms with Crippen LogP contribution in [-0.2, 0) is 25.2 Å². The van der Waals surface area contributed by atoms with Crippen molar-refractivity contribution in [2.24, 2.45) is 5.92 Å². The van der Waals surface area contributed by atoms with Crippen molar-refractivity contribution in [2.75, 3.05) is 6.61 Å². The summed E-state index contributed by atoms with van der Waals surface area (Å²) in [4.78, 5) is 0. The molecule has 5 nitrogen and oxygen atoms in total. The summed E-state index contributed by atoms with van der Waals surface area (Å²) in [7, 11) is -2.79. The molecule has 0 unspecified atom stereocenters. The highest BCUT2D eigenvalue weighted by atomic mass is 28.4. The highest BCUT2D eigenvalue weighted by molar-refractivity contribution is 6.99. The summed E-state index contributed by atoms with van der Waals surface area (Å²) >= 11 is 0. The first-order valence-electron chi connectivity index (χ1n) is 14.2. The second kappa shape index (κ2) is 12.8. The summed E-state index contributed by atoms with van der Waals surface area (Å²) in [5.74, 6) is -0.884. The predicted molar refractivity (Wildman–Crippen MR) is 162 cm³/mol. The molecule has 1 fully saturated rings. The zero-order chi connectivity index (χ0) is 28.8. The van der Waals surface area contributed by atoms with Crippen LogP contribution < -0.4 is 10.4 Å². The number of hydrogen-bond acceptors (Lipinski definition) is 5. The van der Waals surface area contributed by atoms with Gasteiger partial charge in [0.05, 0.1) is 25.4 Å². The summed E-state index contributed by atoms with van der Waals surface area (Å²) in [5, 5.41) is 11.8. The molecule has 0 N–H and O–H groups in total. The Morgan fingerprint density at radius 3 is 1.90 bits per heavy atom. The maximum atomic E-state index is 9.51. The van der Waals surface area contributed by atoms with Crippen molar-refractivity contribution in [3.63, 3.8) is 0 Å². The van der Waals surface area contributed by atoms with Crippen molar-refractivity contribution >= 4 is 18.7 Å². The van der Waals surface area contributed by atoms with Gasteiger partial charge in [0.2, 0.25) is 0 Å². The lowest BCUT2D eigenvalue weighted by atomic mass is 9.92. The van der Waals surface area contributed by atoms with Crippen LogP contribution in [0.15, 0.2) is 91.0 Å². The number of nitriles is 1. The van der Waals surface area contributed by atoms with Crippen LogP contribution in [0.4, 0.5) is 0 Å². The molecule has 0 amide bonds. The van der Waals surface area contributed by atoms with Crippen LogP contribution in [0, 0.1) is 17.2 Å². The molecule has 3 aromatic carbocycles. The number of ether oxygens (including phenoxy) is 3. The van der Waals surface area contributed by atoms with E-state index in [-0.39, 0.29) is 23.2 Å². The molecule has 212 valence electrons. The summed E-state index contributed by atoms with van der Waals surface area (Å²) in [6, 6.07) is 33.7. The monoisotopic (exact) mass is 557 g/mol. The second-order valence-corrected chi connectivity index (χ2v) is 16.5. The molecule has 6 heteroatoms. The third-order valence-corrected chi connectivity index (χ3v) is 12.7. The van der Waals surface area contributed by atoms with Gasteiger partial charge in [0.15, 0.2) is 5.79 Å². The molecule has 4 atom stereocenters. The molecule has 1 aliphatic heterocycles. The van der Waals surface area contributed by atoms with E-state index >= 15 is 0 Å². The zero-order valence-electron chi connectivity index (χ0n) is 24.7. The lowest BCUT2D eigenvalue weighted by Gasteiger charge is -2.49. The predicted octanol–water partition coefficient (Wildman–Crippen LogP) is 6.22. The Bertz CT molecular complexity index is 1200. The van der Waals surface area contributed by atoms with Gasteiger partial charge in [-0.15, -0.1) is 0 Å². The average molecular weight is 558 g/mol. The minimum absolute atomic E-state index is 0.0377. The van der Waals surface area contributed by atoms with Gasteiger partial charge in [-0.3, -0.25) is 0 Å². The van der Waals surface area contributed by atoms with E-state index < -0.39 is 20.2 Å². The van der Waals surface area contributed by atoms with Gasteiger partial charge in [0.25, 0.3) is 8.32 Å². The number of hydrogen-bond donors (Lipinski definition) is 0. The van der Waals surface area contributed by atoms with Gasteiger partial charge in [0, 0.05) is 6.42 Å². The van der Waals surface area contributed by atoms with E-state index in [9.17, 15) is 5.26 Å². The molecule has 0 aromatic heterocycles. The van der Waals surface area contributed by atoms with Crippen molar-refractivity contribution < 1.29 is 18.6 Å². The molecule has 3 aromatic rings. The van der Waals surface area contributed by atoms with Crippen LogP contribution in [0.25, 0.3) is 0 Å². The van der Waals surface area contributed by atoms with Crippen LogP contribution >= 0.6 is 0 Å². The Labute approximate surface area is 241 Å². The van der Waals surface area contributed by atoms with E-state index in [1.807, 2.05) is 39.0 Å². The molecular formula is C34H43NO4Si. The van der Waals surface area contributed by atoms with E-state index in [0.717, 1.165) is 5.56 Å². The molecule has 40 heavy (non-hydrogen) atoms. The van der Waals surface area contributed by atoms with Crippen LogP contribution in [0.3, 0.4) is 0 Å². The van der Waals surface area contributed by atoms with E-state index in [1.165, 1.54) is 10.4 Å². The van der Waals surface area contributed by atoms with Crippen LogP contribution in [0.5, 0.6) is 0 Å². The minimum atomic E-state index is -2.79. The lowest BCUT2D eigenvalue weighted by molar-refractivity contribution is -0.349. The molecule has 4 rings (SSSR count). The van der Waals surface area contributed by atoms with Crippen molar-refractivity contribution in [1.82, 2.24) is 0 Å². The molecule has 0 aliphatic carbocycles. The third kappa shape index (κ3) is 6.74. The molecule has 0 radical (unpaired) electrons. The zero-order valence-corrected chi connectivity index (χ0v) is 25.7. The van der Waals surface area contributed by atoms with Gasteiger partial charge in [-0.05, 0) is 40.7 Å². The van der Waals surface area contributed by atoms with Crippen molar-refractivity contribution in [3.8, 4) is 6.07 Å². The molecular weight excluding hydrogens is 514 g/mol. The highest BCUT2D eigenvalue weighted by Gasteiger charge is 2.52. The number of rotatable bonds is 10. The van der Waals surface area contributed by atoms with Gasteiger partial charge in [-0.1, -0.05) is 119 Å². The fraction of sp³-hybridized carbons (Fsp3) is 0.441. The Morgan fingerprint density at radius 1 is 0.875 bits per heavy atom. The van der Waals surface area contributed by atoms with Gasteiger partial charge < -0.3 is 18.6 Å². The largest absolute Gasteiger partial charge is 0.405 e. The molecule has 1 saturated heterocycles. The maximum absolute atomic E-state index is 9.51. The Kier molecular flexibility index (Phi) is 9.66. The standard InChI is InChI=1S/C34H43NO4Si/c1-26(22-23-35)31-32(36-24-27-16-10-7-11-17-27)30(38-34(5,6)39-31)25-37-40(33(2,3)4,28-18-12-8-13-19-28)29-20-14-9-15-21-29/h7-21,26,30-32H,22,24-25H2,1-6H3/t26-,30+,31-,32+/m1/s1. The lowest BCUT2D eigenvalue weighted by Crippen LogP contribution is -2.68. The number of benzene rings is 3. The highest BCUT2D eigenvalue weighted by Crippen LogP contribution is 2.39. The van der Waals surface area contributed by atoms with Crippen LogP contribution in [-0.4, -0.2) is 39.0 Å². The minimum Gasteiger partial charge on any atom is -0.405 e. The smallest absolute Gasteiger partial charge is 0.261 e. The van der Waals surface area contributed by atoms with Crippen LogP contribution in [0.1, 0.15) is 53.5 Å². The van der Waals surface area contributed by atoms with Gasteiger partial charge in [-0.25, -0.2) is 0 Å². The molecule has 0 spiro atoms. The summed E-state index contributed by atoms with van der Waals surface area (Å²) in [6.45, 7) is 13.5. The summed E-state index contributed by atoms with van der Waals surface area (Å²) in [6.07, 6.45) is -0.747. The molecule has 0 saturated carbocycles. The fourth-order valence-corrected chi connectivity index (χ4v) is 10.4. The average Bonchev–Trinajstić information content (AvgIpc) is 2.93. The number of nitrogens with zero attached hydrogens (tertiary/aromatic N) is 1. The summed E-state index contributed by atoms with van der Waals surface area (Å²) in [5.41, 5.74) is 1.07. The van der Waals surface area contributed by atoms with E-state index in [4.69, 9.17) is 18.6 Å². The maximum Gasteiger partial charge on any atom is 0.261 e. The Morgan fingerprint density at radius 2 is 1.40 bits per heavy atom. The summed E-state index contributed by atoms with van der Waals surface area (Å²) < 4.78 is 26.9. The third-order valence-electron chi connectivity index (χ3n) is 7.69. The fourth-order valence-electron chi connectivity index (χ4n) is 5.83. The van der Waals surface area contributed by atoms with Crippen molar-refractivity contribution in [2.45, 2.75) is 83.7 Å². The van der Waals surface area contributed by atoms with Crippen molar-refractivity contribution in [1.29, 1.82) is 5.26 Å². The normalized spacial score (nSPS) is 21.9. The molecule has 0 bridgehead atoms. The first-order valence-corrected chi connectivity index (χ1v) is 16.1. The Balaban J connectivity index is 1.73. The van der Waals surface area contributed by atoms with Crippen molar-refractivity contribution in [3.05, 3.63) is 96.6 Å². The Hall–Kier alpha value is -2.79. The van der Waals surface area contributed by atoms with E-state index in [1.54, 1.807) is 0 Å². The molecule has 1 aliphatic rings. The first-order chi connectivity index (χ1) is 19.1. The topological polar surface area (TPSA) is 60.7 Å². The second-order valence-electron chi connectivity index (χ2n) is 12.2. The van der Waals surface area contributed by atoms with E-state index in [2.05, 4.69) is 99.6 Å². The van der Waals surface area contributed by atoms with Gasteiger partial charge in [0.1, 0.15) is 12.2 Å². The molecule has 1 heterocycles. The van der Waals surface area contributed by atoms with Crippen LogP contribution in [0.2, 0.25) is 5.04 Å². The SMILES string of the molecule is C[C@H](CC#N)[C@H]1OC(C)(C)O[C@@H](CO[Si](c2ccccc2)(c2ccccc2)C(C)(C)C)[C@@H]1OCc1ccccc1. The quantitative estimate of drug-likeness (QED) is 0.277. The van der Waals surface area contributed by atoms with Gasteiger partial charge in [-0.2, -0.15) is 5.26 Å². The van der Waals surface area contributed by atoms with Gasteiger partial charge >= 0.3 is 0 Å². The van der Waals surface area contributed by atoms with E-state index in [0.29, 0.717) is 19.6 Å². The first kappa shape index (κ1) is 30.2.